The molecule has 0 aliphatic rings. The number of carbonyl (C=O) groups is 1. The Morgan fingerprint density at radius 2 is 1.91 bits per heavy atom. The predicted octanol–water partition coefficient (Wildman–Crippen LogP) is 1.57. The minimum Gasteiger partial charge on any atom is -0.290 e. The van der Waals surface area contributed by atoms with E-state index in [9.17, 15) is 4.79 Å². The van der Waals surface area contributed by atoms with Gasteiger partial charge in [-0.25, -0.2) is 4.79 Å². The van der Waals surface area contributed by atoms with Gasteiger partial charge < -0.3 is 0 Å². The van der Waals surface area contributed by atoms with Crippen molar-refractivity contribution in [1.29, 1.82) is 0 Å². The van der Waals surface area contributed by atoms with Crippen LogP contribution in [0, 0.1) is 0 Å². The summed E-state index contributed by atoms with van der Waals surface area (Å²) in [4.78, 5) is 15.1. The second-order valence-electron chi connectivity index (χ2n) is 1.83. The van der Waals surface area contributed by atoms with Gasteiger partial charge in [0.2, 0.25) is 0 Å². The molecule has 1 aromatic carbocycles. The molecule has 3 nitrogen and oxygen atoms in total. The van der Waals surface area contributed by atoms with Crippen molar-refractivity contribution < 1.29 is 14.4 Å². The summed E-state index contributed by atoms with van der Waals surface area (Å²) in [6.45, 7) is 0. The molecule has 0 amide bonds. The molecule has 1 aromatic rings. The number of carbonyl (C=O) groups excluding carboxylic acids is 1. The number of hydrogen-bond acceptors (Lipinski definition) is 3. The van der Waals surface area contributed by atoms with Crippen LogP contribution in [0.3, 0.4) is 0 Å². The maximum absolute atomic E-state index is 10.9. The van der Waals surface area contributed by atoms with E-state index in [1.54, 1.807) is 24.3 Å². The van der Waals surface area contributed by atoms with Gasteiger partial charge in [-0.3, -0.25) is 4.89 Å². The van der Waals surface area contributed by atoms with Crippen molar-refractivity contribution in [2.45, 2.75) is 0 Å². The fourth-order valence-corrected chi connectivity index (χ4v) is 0.753. The van der Waals surface area contributed by atoms with Gasteiger partial charge in [-0.1, -0.05) is 18.2 Å². The third-order valence-corrected chi connectivity index (χ3v) is 1.23. The Labute approximate surface area is 66.5 Å². The van der Waals surface area contributed by atoms with Crippen LogP contribution in [0.1, 0.15) is 10.4 Å². The maximum Gasteiger partial charge on any atom is 0.373 e. The molecule has 1 unspecified atom stereocenters. The first-order valence-electron chi connectivity index (χ1n) is 2.97. The van der Waals surface area contributed by atoms with Gasteiger partial charge in [-0.2, -0.15) is 4.67 Å². The van der Waals surface area contributed by atoms with E-state index in [1.807, 2.05) is 15.5 Å². The van der Waals surface area contributed by atoms with Gasteiger partial charge in [0.25, 0.3) is 0 Å². The van der Waals surface area contributed by atoms with Gasteiger partial charge in [-0.15, -0.1) is 0 Å². The first-order valence-corrected chi connectivity index (χ1v) is 3.44. The second kappa shape index (κ2) is 4.06. The van der Waals surface area contributed by atoms with E-state index >= 15 is 0 Å². The minimum atomic E-state index is -0.499. The molecule has 11 heavy (non-hydrogen) atoms. The van der Waals surface area contributed by atoms with Crippen LogP contribution in [0.2, 0.25) is 0 Å². The summed E-state index contributed by atoms with van der Waals surface area (Å²) in [5.41, 5.74) is 0.468. The van der Waals surface area contributed by atoms with Crippen molar-refractivity contribution in [1.82, 2.24) is 0 Å². The molecule has 58 valence electrons. The molecule has 0 spiro atoms. The Hall–Kier alpha value is -0.920. The zero-order valence-corrected chi connectivity index (χ0v) is 6.84. The highest BCUT2D eigenvalue weighted by molar-refractivity contribution is 7.09. The Kier molecular flexibility index (Phi) is 3.02. The molecule has 0 bridgehead atoms. The molecule has 0 saturated carbocycles. The molecule has 0 fully saturated rings. The number of hydrogen-bond donors (Lipinski definition) is 0. The molecule has 4 heteroatoms. The smallest absolute Gasteiger partial charge is 0.290 e. The van der Waals surface area contributed by atoms with E-state index in [4.69, 9.17) is 0 Å². The second-order valence-corrected chi connectivity index (χ2v) is 2.03. The Morgan fingerprint density at radius 1 is 1.27 bits per heavy atom. The summed E-state index contributed by atoms with van der Waals surface area (Å²) < 4.78 is 4.13. The van der Waals surface area contributed by atoms with Crippen LogP contribution in [0.4, 0.5) is 0 Å². The topological polar surface area (TPSA) is 35.5 Å². The molecule has 1 atom stereocenters. The lowest BCUT2D eigenvalue weighted by Crippen LogP contribution is -2.01. The molecule has 0 heterocycles. The third kappa shape index (κ3) is 2.30. The quantitative estimate of drug-likeness (QED) is 0.384. The standard InChI is InChI=1S/C7H7O3P/c8-7(9-10-11)6-4-2-1-3-5-6/h1-5H,11H2. The number of benzene rings is 1. The van der Waals surface area contributed by atoms with Gasteiger partial charge >= 0.3 is 5.97 Å². The highest BCUT2D eigenvalue weighted by atomic mass is 31.0. The monoisotopic (exact) mass is 170 g/mol. The van der Waals surface area contributed by atoms with Crippen molar-refractivity contribution in [2.75, 3.05) is 0 Å². The molecule has 0 aliphatic carbocycles. The first-order chi connectivity index (χ1) is 5.34. The van der Waals surface area contributed by atoms with Crippen molar-refractivity contribution in [3.63, 3.8) is 0 Å². The molecular weight excluding hydrogens is 163 g/mol. The average molecular weight is 170 g/mol. The summed E-state index contributed by atoms with van der Waals surface area (Å²) in [5, 5.41) is 0. The number of rotatable bonds is 2. The van der Waals surface area contributed by atoms with Crippen LogP contribution in [0.15, 0.2) is 30.3 Å². The molecule has 1 rings (SSSR count). The van der Waals surface area contributed by atoms with Crippen LogP contribution in [0.25, 0.3) is 0 Å². The fourth-order valence-electron chi connectivity index (χ4n) is 0.666. The maximum atomic E-state index is 10.9. The van der Waals surface area contributed by atoms with Crippen LogP contribution >= 0.6 is 9.47 Å². The Morgan fingerprint density at radius 3 is 2.45 bits per heavy atom. The summed E-state index contributed by atoms with van der Waals surface area (Å²) in [6.07, 6.45) is 0. The lowest BCUT2D eigenvalue weighted by Gasteiger charge is -1.97. The largest absolute Gasteiger partial charge is 0.373 e. The average Bonchev–Trinajstić information content (AvgIpc) is 2.07. The fraction of sp³-hybridized carbons (Fsp3) is 0. The normalized spacial score (nSPS) is 9.18. The van der Waals surface area contributed by atoms with E-state index in [-0.39, 0.29) is 0 Å². The van der Waals surface area contributed by atoms with Gasteiger partial charge in [0.1, 0.15) is 0 Å². The van der Waals surface area contributed by atoms with E-state index in [1.165, 1.54) is 0 Å². The molecule has 0 radical (unpaired) electrons. The summed E-state index contributed by atoms with van der Waals surface area (Å²) >= 11 is 0. The van der Waals surface area contributed by atoms with Gasteiger partial charge in [-0.05, 0) is 12.1 Å². The van der Waals surface area contributed by atoms with Crippen molar-refractivity contribution in [3.05, 3.63) is 35.9 Å². The highest BCUT2D eigenvalue weighted by Gasteiger charge is 2.04. The predicted molar refractivity (Wildman–Crippen MR) is 42.7 cm³/mol. The van der Waals surface area contributed by atoms with Crippen molar-refractivity contribution in [3.8, 4) is 0 Å². The molecule has 0 N–H and O–H groups in total. The van der Waals surface area contributed by atoms with Gasteiger partial charge in [0.05, 0.1) is 15.0 Å². The molecule has 0 saturated heterocycles. The van der Waals surface area contributed by atoms with E-state index in [0.717, 1.165) is 0 Å². The highest BCUT2D eigenvalue weighted by Crippen LogP contribution is 2.02. The third-order valence-electron chi connectivity index (χ3n) is 1.13. The van der Waals surface area contributed by atoms with Crippen molar-refractivity contribution in [2.24, 2.45) is 0 Å². The Balaban J connectivity index is 2.69. The summed E-state index contributed by atoms with van der Waals surface area (Å²) in [5.74, 6) is -0.499. The van der Waals surface area contributed by atoms with E-state index < -0.39 is 5.97 Å². The summed E-state index contributed by atoms with van der Waals surface area (Å²) in [6, 6.07) is 8.61. The zero-order valence-electron chi connectivity index (χ0n) is 5.69. The van der Waals surface area contributed by atoms with E-state index in [0.29, 0.717) is 5.56 Å². The SMILES string of the molecule is O=C(OOP)c1ccccc1. The van der Waals surface area contributed by atoms with Crippen LogP contribution in [-0.4, -0.2) is 5.97 Å². The van der Waals surface area contributed by atoms with Crippen LogP contribution in [-0.2, 0) is 9.56 Å². The van der Waals surface area contributed by atoms with Gasteiger partial charge in [0, 0.05) is 0 Å². The van der Waals surface area contributed by atoms with Gasteiger partial charge in [0.15, 0.2) is 0 Å². The van der Waals surface area contributed by atoms with E-state index in [2.05, 4.69) is 9.56 Å². The molecular formula is C7H7O3P. The minimum absolute atomic E-state index is 0.468. The summed E-state index contributed by atoms with van der Waals surface area (Å²) in [7, 11) is 1.83. The first kappa shape index (κ1) is 8.18. The lowest BCUT2D eigenvalue weighted by molar-refractivity contribution is -0.134. The lowest BCUT2D eigenvalue weighted by atomic mass is 10.2. The molecule has 0 aromatic heterocycles. The Bertz CT molecular complexity index is 235. The van der Waals surface area contributed by atoms with Crippen LogP contribution < -0.4 is 0 Å². The van der Waals surface area contributed by atoms with Crippen molar-refractivity contribution >= 4 is 15.4 Å². The zero-order chi connectivity index (χ0) is 8.10. The van der Waals surface area contributed by atoms with Crippen LogP contribution in [0.5, 0.6) is 0 Å². The molecule has 0 aliphatic heterocycles.